The van der Waals surface area contributed by atoms with Crippen LogP contribution in [-0.2, 0) is 0 Å². The first-order valence-electron chi connectivity index (χ1n) is 3.73. The minimum absolute atomic E-state index is 0.123. The first kappa shape index (κ1) is 6.55. The van der Waals surface area contributed by atoms with Gasteiger partial charge >= 0.3 is 0 Å². The average molecular weight is 144 g/mol. The fraction of sp³-hybridized carbons (Fsp3) is 1.00. The Hall–Kier alpha value is -0.150. The minimum atomic E-state index is -0.630. The Morgan fingerprint density at radius 1 is 1.70 bits per heavy atom. The molecule has 0 amide bonds. The van der Waals surface area contributed by atoms with Crippen molar-refractivity contribution in [3.05, 3.63) is 0 Å². The first-order chi connectivity index (χ1) is 4.62. The predicted molar refractivity (Wildman–Crippen MR) is 37.4 cm³/mol. The average Bonchev–Trinajstić information content (AvgIpc) is 2.03. The number of fused-ring (bicyclic) bond motifs is 1. The van der Waals surface area contributed by atoms with Gasteiger partial charge in [0, 0.05) is 24.5 Å². The summed E-state index contributed by atoms with van der Waals surface area (Å²) >= 11 is 0. The molecule has 0 radical (unpaired) electrons. The summed E-state index contributed by atoms with van der Waals surface area (Å²) in [5.74, 6) is 0.123. The predicted octanol–water partition coefficient (Wildman–Crippen LogP) is -0.0127. The second-order valence-corrected chi connectivity index (χ2v) is 3.76. The number of hydrogen-bond acceptors (Lipinski definition) is 2. The van der Waals surface area contributed by atoms with E-state index < -0.39 is 6.17 Å². The van der Waals surface area contributed by atoms with Crippen molar-refractivity contribution in [2.75, 3.05) is 20.1 Å². The maximum atomic E-state index is 12.8. The van der Waals surface area contributed by atoms with Gasteiger partial charge in [0.15, 0.2) is 0 Å². The Bertz CT molecular complexity index is 162. The van der Waals surface area contributed by atoms with Crippen LogP contribution in [0.2, 0.25) is 0 Å². The fourth-order valence-corrected chi connectivity index (χ4v) is 2.24. The van der Waals surface area contributed by atoms with Gasteiger partial charge in [0.1, 0.15) is 6.17 Å². The van der Waals surface area contributed by atoms with Gasteiger partial charge in [0.05, 0.1) is 0 Å². The molecule has 0 aromatic heterocycles. The lowest BCUT2D eigenvalue weighted by molar-refractivity contribution is 0.0462. The third-order valence-electron chi connectivity index (χ3n) is 2.82. The Labute approximate surface area is 60.2 Å². The monoisotopic (exact) mass is 144 g/mol. The van der Waals surface area contributed by atoms with Crippen LogP contribution in [0, 0.1) is 5.92 Å². The van der Waals surface area contributed by atoms with Gasteiger partial charge in [-0.15, -0.1) is 0 Å². The molecule has 0 bridgehead atoms. The van der Waals surface area contributed by atoms with Crippen LogP contribution in [0.15, 0.2) is 0 Å². The summed E-state index contributed by atoms with van der Waals surface area (Å²) in [5, 5.41) is 0. The van der Waals surface area contributed by atoms with Crippen molar-refractivity contribution >= 4 is 0 Å². The molecule has 0 spiro atoms. The molecule has 1 saturated heterocycles. The summed E-state index contributed by atoms with van der Waals surface area (Å²) in [6.07, 6.45) is -0.0582. The molecule has 3 heteroatoms. The first-order valence-corrected chi connectivity index (χ1v) is 3.73. The van der Waals surface area contributed by atoms with E-state index in [2.05, 4.69) is 4.90 Å². The molecule has 2 rings (SSSR count). The molecule has 2 N–H and O–H groups in total. The van der Waals surface area contributed by atoms with E-state index in [9.17, 15) is 4.39 Å². The van der Waals surface area contributed by atoms with Crippen LogP contribution in [0.3, 0.4) is 0 Å². The number of nitrogens with zero attached hydrogens (tertiary/aromatic N) is 1. The highest BCUT2D eigenvalue weighted by atomic mass is 19.1. The van der Waals surface area contributed by atoms with Crippen molar-refractivity contribution < 1.29 is 4.39 Å². The van der Waals surface area contributed by atoms with E-state index in [-0.39, 0.29) is 11.5 Å². The number of alkyl halides is 1. The SMILES string of the molecule is CN1C[C@H]2[C@H](F)C[C@@]2(N)C1. The summed E-state index contributed by atoms with van der Waals surface area (Å²) in [6, 6.07) is 0. The molecule has 1 aliphatic carbocycles. The van der Waals surface area contributed by atoms with Crippen molar-refractivity contribution in [1.82, 2.24) is 4.90 Å². The van der Waals surface area contributed by atoms with Crippen LogP contribution in [0.1, 0.15) is 6.42 Å². The molecule has 1 saturated carbocycles. The van der Waals surface area contributed by atoms with Crippen LogP contribution in [-0.4, -0.2) is 36.7 Å². The number of hydrogen-bond donors (Lipinski definition) is 1. The lowest BCUT2D eigenvalue weighted by atomic mass is 9.68. The molecule has 1 heterocycles. The molecular weight excluding hydrogens is 131 g/mol. The molecule has 10 heavy (non-hydrogen) atoms. The summed E-state index contributed by atoms with van der Waals surface area (Å²) in [4.78, 5) is 2.12. The number of nitrogens with two attached hydrogens (primary N) is 1. The zero-order valence-corrected chi connectivity index (χ0v) is 6.18. The zero-order valence-electron chi connectivity index (χ0n) is 6.18. The van der Waals surface area contributed by atoms with Gasteiger partial charge in [-0.3, -0.25) is 0 Å². The molecular formula is C7H13FN2. The summed E-state index contributed by atoms with van der Waals surface area (Å²) < 4.78 is 12.8. The van der Waals surface area contributed by atoms with Crippen molar-refractivity contribution in [2.45, 2.75) is 18.1 Å². The topological polar surface area (TPSA) is 29.3 Å². The molecule has 1 aliphatic heterocycles. The normalized spacial score (nSPS) is 54.3. The van der Waals surface area contributed by atoms with E-state index in [0.717, 1.165) is 13.1 Å². The highest BCUT2D eigenvalue weighted by Crippen LogP contribution is 2.43. The van der Waals surface area contributed by atoms with Crippen LogP contribution < -0.4 is 5.73 Å². The molecule has 3 atom stereocenters. The number of likely N-dealkylation sites (tertiary alicyclic amines) is 1. The Morgan fingerprint density at radius 3 is 2.80 bits per heavy atom. The molecule has 2 nitrogen and oxygen atoms in total. The van der Waals surface area contributed by atoms with E-state index in [1.165, 1.54) is 0 Å². The molecule has 58 valence electrons. The molecule has 0 aromatic rings. The second-order valence-electron chi connectivity index (χ2n) is 3.76. The summed E-state index contributed by atoms with van der Waals surface area (Å²) in [6.45, 7) is 1.72. The second kappa shape index (κ2) is 1.71. The molecule has 2 fully saturated rings. The van der Waals surface area contributed by atoms with Gasteiger partial charge in [-0.2, -0.15) is 0 Å². The van der Waals surface area contributed by atoms with E-state index in [1.807, 2.05) is 7.05 Å². The smallest absolute Gasteiger partial charge is 0.108 e. The van der Waals surface area contributed by atoms with Crippen molar-refractivity contribution in [1.29, 1.82) is 0 Å². The van der Waals surface area contributed by atoms with Crippen LogP contribution in [0.25, 0.3) is 0 Å². The number of likely N-dealkylation sites (N-methyl/N-ethyl adjacent to an activating group) is 1. The van der Waals surface area contributed by atoms with E-state index in [4.69, 9.17) is 5.73 Å². The van der Waals surface area contributed by atoms with Crippen molar-refractivity contribution in [3.63, 3.8) is 0 Å². The van der Waals surface area contributed by atoms with Gasteiger partial charge in [-0.1, -0.05) is 0 Å². The highest BCUT2D eigenvalue weighted by Gasteiger charge is 2.56. The maximum Gasteiger partial charge on any atom is 0.108 e. The maximum absolute atomic E-state index is 12.8. The largest absolute Gasteiger partial charge is 0.324 e. The molecule has 2 aliphatic rings. The van der Waals surface area contributed by atoms with E-state index in [1.54, 1.807) is 0 Å². The van der Waals surface area contributed by atoms with Gasteiger partial charge in [0.2, 0.25) is 0 Å². The van der Waals surface area contributed by atoms with Crippen LogP contribution in [0.4, 0.5) is 4.39 Å². The Morgan fingerprint density at radius 2 is 2.40 bits per heavy atom. The van der Waals surface area contributed by atoms with Gasteiger partial charge in [-0.05, 0) is 13.5 Å². The van der Waals surface area contributed by atoms with Crippen LogP contribution >= 0.6 is 0 Å². The number of rotatable bonds is 0. The van der Waals surface area contributed by atoms with Gasteiger partial charge in [0.25, 0.3) is 0 Å². The lowest BCUT2D eigenvalue weighted by Gasteiger charge is -2.43. The lowest BCUT2D eigenvalue weighted by Crippen LogP contribution is -2.61. The minimum Gasteiger partial charge on any atom is -0.324 e. The fourth-order valence-electron chi connectivity index (χ4n) is 2.24. The Kier molecular flexibility index (Phi) is 1.12. The van der Waals surface area contributed by atoms with E-state index in [0.29, 0.717) is 6.42 Å². The van der Waals surface area contributed by atoms with Crippen molar-refractivity contribution in [3.8, 4) is 0 Å². The zero-order chi connectivity index (χ0) is 7.35. The Balaban J connectivity index is 2.12. The third kappa shape index (κ3) is 0.648. The third-order valence-corrected chi connectivity index (χ3v) is 2.82. The van der Waals surface area contributed by atoms with E-state index >= 15 is 0 Å². The van der Waals surface area contributed by atoms with Gasteiger partial charge < -0.3 is 10.6 Å². The highest BCUT2D eigenvalue weighted by molar-refractivity contribution is 5.12. The quantitative estimate of drug-likeness (QED) is 0.518. The molecule has 0 unspecified atom stereocenters. The van der Waals surface area contributed by atoms with Crippen LogP contribution in [0.5, 0.6) is 0 Å². The standard InChI is InChI=1S/C7H13FN2/c1-10-3-5-6(8)2-7(5,9)4-10/h5-6H,2-4,9H2,1H3/t5-,6+,7+/m0/s1. The van der Waals surface area contributed by atoms with Crippen molar-refractivity contribution in [2.24, 2.45) is 11.7 Å². The molecule has 0 aromatic carbocycles. The summed E-state index contributed by atoms with van der Waals surface area (Å²) in [7, 11) is 2.00. The summed E-state index contributed by atoms with van der Waals surface area (Å²) in [5.41, 5.74) is 5.73. The number of halogens is 1. The van der Waals surface area contributed by atoms with Gasteiger partial charge in [-0.25, -0.2) is 4.39 Å².